The second-order valence-corrected chi connectivity index (χ2v) is 8.47. The molecule has 1 aromatic heterocycles. The maximum Gasteiger partial charge on any atom is 0.303 e. The highest BCUT2D eigenvalue weighted by Crippen LogP contribution is 2.27. The van der Waals surface area contributed by atoms with Crippen molar-refractivity contribution in [2.75, 3.05) is 12.4 Å². The zero-order chi connectivity index (χ0) is 20.1. The fourth-order valence-electron chi connectivity index (χ4n) is 2.94. The molecule has 0 N–H and O–H groups in total. The van der Waals surface area contributed by atoms with E-state index in [2.05, 4.69) is 4.57 Å². The summed E-state index contributed by atoms with van der Waals surface area (Å²) >= 11 is 7.51. The maximum absolute atomic E-state index is 11.4. The van der Waals surface area contributed by atoms with Gasteiger partial charge in [-0.05, 0) is 50.2 Å². The lowest BCUT2D eigenvalue weighted by molar-refractivity contribution is -0.154. The Morgan fingerprint density at radius 1 is 1.18 bits per heavy atom. The lowest BCUT2D eigenvalue weighted by Gasteiger charge is -2.26. The highest BCUT2D eigenvalue weighted by atomic mass is 35.5. The van der Waals surface area contributed by atoms with Crippen LogP contribution < -0.4 is 4.74 Å². The van der Waals surface area contributed by atoms with E-state index in [1.807, 2.05) is 50.2 Å². The lowest BCUT2D eigenvalue weighted by atomic mass is 10.1. The van der Waals surface area contributed by atoms with Crippen molar-refractivity contribution in [1.29, 1.82) is 0 Å². The molecule has 0 unspecified atom stereocenters. The van der Waals surface area contributed by atoms with Gasteiger partial charge >= 0.3 is 5.97 Å². The number of hydrogen-bond acceptors (Lipinski definition) is 5. The normalized spacial score (nSPS) is 11.6. The number of halogens is 1. The van der Waals surface area contributed by atoms with Gasteiger partial charge in [-0.2, -0.15) is 0 Å². The largest absolute Gasteiger partial charge is 0.493 e. The van der Waals surface area contributed by atoms with Gasteiger partial charge in [0.05, 0.1) is 24.2 Å². The van der Waals surface area contributed by atoms with Crippen molar-refractivity contribution in [3.63, 3.8) is 0 Å². The third-order valence-electron chi connectivity index (χ3n) is 3.98. The van der Waals surface area contributed by atoms with Gasteiger partial charge in [-0.1, -0.05) is 35.5 Å². The summed E-state index contributed by atoms with van der Waals surface area (Å²) in [5, 5.41) is 1.56. The summed E-state index contributed by atoms with van der Waals surface area (Å²) in [7, 11) is 0. The molecule has 3 rings (SSSR count). The number of benzene rings is 2. The quantitative estimate of drug-likeness (QED) is 0.286. The minimum Gasteiger partial charge on any atom is -0.493 e. The Hall–Kier alpha value is -2.18. The van der Waals surface area contributed by atoms with Gasteiger partial charge in [0.1, 0.15) is 11.4 Å². The van der Waals surface area contributed by atoms with Crippen LogP contribution in [-0.4, -0.2) is 33.5 Å². The number of fused-ring (bicyclic) bond motifs is 1. The minimum atomic E-state index is -0.635. The molecule has 2 aromatic carbocycles. The van der Waals surface area contributed by atoms with Gasteiger partial charge < -0.3 is 14.0 Å². The summed E-state index contributed by atoms with van der Waals surface area (Å²) in [6.45, 7) is 6.30. The fraction of sp³-hybridized carbons (Fsp3) is 0.333. The predicted octanol–water partition coefficient (Wildman–Crippen LogP) is 5.20. The number of rotatable bonds is 8. The average molecular weight is 419 g/mol. The van der Waals surface area contributed by atoms with Crippen molar-refractivity contribution >= 4 is 40.4 Å². The molecule has 0 saturated heterocycles. The van der Waals surface area contributed by atoms with Crippen molar-refractivity contribution in [1.82, 2.24) is 9.55 Å². The van der Waals surface area contributed by atoms with Crippen LogP contribution in [0, 0.1) is 0 Å². The van der Waals surface area contributed by atoms with Crippen molar-refractivity contribution in [3.05, 3.63) is 53.6 Å². The van der Waals surface area contributed by atoms with Crippen molar-refractivity contribution in [2.45, 2.75) is 38.1 Å². The third kappa shape index (κ3) is 5.42. The summed E-state index contributed by atoms with van der Waals surface area (Å²) in [5.74, 6) is 1.23. The molecule has 0 spiro atoms. The predicted molar refractivity (Wildman–Crippen MR) is 113 cm³/mol. The first-order valence-corrected chi connectivity index (χ1v) is 10.4. The number of ether oxygens (including phenoxy) is 2. The zero-order valence-corrected chi connectivity index (χ0v) is 17.7. The van der Waals surface area contributed by atoms with Crippen LogP contribution in [0.2, 0.25) is 5.02 Å². The van der Waals surface area contributed by atoms with Crippen LogP contribution in [0.15, 0.2) is 53.7 Å². The van der Waals surface area contributed by atoms with E-state index in [9.17, 15) is 4.79 Å². The second kappa shape index (κ2) is 8.88. The van der Waals surface area contributed by atoms with Crippen molar-refractivity contribution < 1.29 is 14.3 Å². The number of hydrogen-bond donors (Lipinski definition) is 0. The number of carbonyl (C=O) groups excluding carboxylic acids is 1. The SMILES string of the molecule is CC(=O)OC(C)(C)Cn1c(SCCOc2ccc(Cl)cc2)nc2ccccc21. The van der Waals surface area contributed by atoms with Crippen LogP contribution in [0.25, 0.3) is 11.0 Å². The summed E-state index contributed by atoms with van der Waals surface area (Å²) in [6.07, 6.45) is 0. The molecular formula is C21H23ClN2O3S. The summed E-state index contributed by atoms with van der Waals surface area (Å²) in [5.41, 5.74) is 1.30. The Balaban J connectivity index is 1.71. The molecular weight excluding hydrogens is 396 g/mol. The first-order chi connectivity index (χ1) is 13.3. The van der Waals surface area contributed by atoms with Crippen LogP contribution in [-0.2, 0) is 16.1 Å². The maximum atomic E-state index is 11.4. The Labute approximate surface area is 174 Å². The molecule has 0 atom stereocenters. The van der Waals surface area contributed by atoms with E-state index in [1.165, 1.54) is 6.92 Å². The van der Waals surface area contributed by atoms with Crippen LogP contribution in [0.1, 0.15) is 20.8 Å². The number of aromatic nitrogens is 2. The average Bonchev–Trinajstić information content (AvgIpc) is 2.96. The highest BCUT2D eigenvalue weighted by Gasteiger charge is 2.25. The van der Waals surface area contributed by atoms with Crippen molar-refractivity contribution in [2.24, 2.45) is 0 Å². The van der Waals surface area contributed by atoms with E-state index < -0.39 is 5.60 Å². The number of para-hydroxylation sites is 2. The first-order valence-electron chi connectivity index (χ1n) is 9.00. The smallest absolute Gasteiger partial charge is 0.303 e. The van der Waals surface area contributed by atoms with E-state index in [0.717, 1.165) is 27.7 Å². The molecule has 0 aliphatic rings. The molecule has 0 bridgehead atoms. The standard InChI is InChI=1S/C21H23ClN2O3S/c1-15(25)27-21(2,3)14-24-19-7-5-4-6-18(19)23-20(24)28-13-12-26-17-10-8-16(22)9-11-17/h4-11H,12-14H2,1-3H3. The van der Waals surface area contributed by atoms with Gasteiger partial charge in [0.25, 0.3) is 0 Å². The molecule has 0 fully saturated rings. The lowest BCUT2D eigenvalue weighted by Crippen LogP contribution is -2.32. The molecule has 0 amide bonds. The van der Waals surface area contributed by atoms with E-state index in [4.69, 9.17) is 26.1 Å². The minimum absolute atomic E-state index is 0.292. The summed E-state index contributed by atoms with van der Waals surface area (Å²) in [6, 6.07) is 15.3. The van der Waals surface area contributed by atoms with Crippen LogP contribution in [0.5, 0.6) is 5.75 Å². The third-order valence-corrected chi connectivity index (χ3v) is 5.17. The van der Waals surface area contributed by atoms with Gasteiger partial charge in [0.15, 0.2) is 5.16 Å². The Kier molecular flexibility index (Phi) is 6.52. The topological polar surface area (TPSA) is 53.4 Å². The first kappa shape index (κ1) is 20.6. The molecule has 5 nitrogen and oxygen atoms in total. The Bertz CT molecular complexity index is 954. The summed E-state index contributed by atoms with van der Waals surface area (Å²) in [4.78, 5) is 16.2. The Morgan fingerprint density at radius 2 is 1.89 bits per heavy atom. The van der Waals surface area contributed by atoms with E-state index in [-0.39, 0.29) is 5.97 Å². The van der Waals surface area contributed by atoms with Crippen LogP contribution >= 0.6 is 23.4 Å². The van der Waals surface area contributed by atoms with Gasteiger partial charge in [0, 0.05) is 17.7 Å². The number of esters is 1. The molecule has 148 valence electrons. The van der Waals surface area contributed by atoms with E-state index >= 15 is 0 Å². The second-order valence-electron chi connectivity index (χ2n) is 6.97. The molecule has 0 aliphatic heterocycles. The van der Waals surface area contributed by atoms with Crippen LogP contribution in [0.4, 0.5) is 0 Å². The molecule has 28 heavy (non-hydrogen) atoms. The number of nitrogens with zero attached hydrogens (tertiary/aromatic N) is 2. The van der Waals surface area contributed by atoms with Crippen molar-refractivity contribution in [3.8, 4) is 5.75 Å². The molecule has 0 aliphatic carbocycles. The van der Waals surface area contributed by atoms with E-state index in [0.29, 0.717) is 18.2 Å². The Morgan fingerprint density at radius 3 is 2.61 bits per heavy atom. The van der Waals surface area contributed by atoms with Gasteiger partial charge in [0.2, 0.25) is 0 Å². The molecule has 3 aromatic rings. The zero-order valence-electron chi connectivity index (χ0n) is 16.1. The molecule has 0 saturated carbocycles. The molecule has 0 radical (unpaired) electrons. The van der Waals surface area contributed by atoms with Gasteiger partial charge in [-0.3, -0.25) is 4.79 Å². The number of carbonyl (C=O) groups is 1. The number of imidazole rings is 1. The summed E-state index contributed by atoms with van der Waals surface area (Å²) < 4.78 is 13.3. The number of thioether (sulfide) groups is 1. The van der Waals surface area contributed by atoms with Gasteiger partial charge in [-0.15, -0.1) is 0 Å². The fourth-order valence-corrected chi connectivity index (χ4v) is 3.90. The van der Waals surface area contributed by atoms with Crippen LogP contribution in [0.3, 0.4) is 0 Å². The molecule has 1 heterocycles. The molecule has 7 heteroatoms. The van der Waals surface area contributed by atoms with Gasteiger partial charge in [-0.25, -0.2) is 4.98 Å². The van der Waals surface area contributed by atoms with E-state index in [1.54, 1.807) is 23.9 Å². The highest BCUT2D eigenvalue weighted by molar-refractivity contribution is 7.99. The monoisotopic (exact) mass is 418 g/mol.